The molecule has 3 aromatic rings. The number of benzene rings is 1. The van der Waals surface area contributed by atoms with E-state index in [-0.39, 0.29) is 36.3 Å². The lowest BCUT2D eigenvalue weighted by Gasteiger charge is -2.33. The fourth-order valence-electron chi connectivity index (χ4n) is 3.25. The maximum atomic E-state index is 12.8. The first-order valence-electron chi connectivity index (χ1n) is 8.95. The average Bonchev–Trinajstić information content (AvgIpc) is 3.37. The third-order valence-corrected chi connectivity index (χ3v) is 8.25. The van der Waals surface area contributed by atoms with Crippen LogP contribution >= 0.6 is 11.3 Å². The molecule has 0 atom stereocenters. The van der Waals surface area contributed by atoms with Crippen LogP contribution in [0.5, 0.6) is 0 Å². The summed E-state index contributed by atoms with van der Waals surface area (Å²) in [5, 5.41) is 4.15. The van der Waals surface area contributed by atoms with Gasteiger partial charge >= 0.3 is 4.87 Å². The maximum Gasteiger partial charge on any atom is 0.305 e. The normalized spacial score (nSPS) is 15.6. The zero-order chi connectivity index (χ0) is 20.6. The van der Waals surface area contributed by atoms with Crippen LogP contribution in [0.3, 0.4) is 0 Å². The highest BCUT2D eigenvalue weighted by atomic mass is 32.2. The molecule has 0 radical (unpaired) electrons. The number of nitrogens with zero attached hydrogens (tertiary/aromatic N) is 4. The molecular weight excluding hydrogens is 414 g/mol. The van der Waals surface area contributed by atoms with Crippen molar-refractivity contribution in [3.63, 3.8) is 0 Å². The van der Waals surface area contributed by atoms with Gasteiger partial charge in [0.25, 0.3) is 15.9 Å². The number of amides is 1. The molecule has 0 spiro atoms. The number of hydrogen-bond acceptors (Lipinski definition) is 6. The molecule has 3 heterocycles. The van der Waals surface area contributed by atoms with E-state index in [2.05, 4.69) is 10.1 Å². The molecule has 1 fully saturated rings. The van der Waals surface area contributed by atoms with E-state index in [4.69, 9.17) is 0 Å². The molecule has 0 saturated carbocycles. The van der Waals surface area contributed by atoms with Crippen LogP contribution in [0, 0.1) is 6.92 Å². The van der Waals surface area contributed by atoms with Gasteiger partial charge in [-0.05, 0) is 37.3 Å². The van der Waals surface area contributed by atoms with E-state index < -0.39 is 14.9 Å². The van der Waals surface area contributed by atoms with Gasteiger partial charge in [0.05, 0.1) is 5.69 Å². The monoisotopic (exact) mass is 433 g/mol. The minimum Gasteiger partial charge on any atom is -0.336 e. The second-order valence-corrected chi connectivity index (χ2v) is 9.74. The number of carbonyl (C=O) groups excluding carboxylic acids is 1. The zero-order valence-electron chi connectivity index (χ0n) is 15.6. The van der Waals surface area contributed by atoms with Gasteiger partial charge in [-0.15, -0.1) is 0 Å². The Labute approximate surface area is 171 Å². The van der Waals surface area contributed by atoms with Crippen molar-refractivity contribution in [1.82, 2.24) is 24.0 Å². The van der Waals surface area contributed by atoms with Gasteiger partial charge in [-0.2, -0.15) is 9.40 Å². The van der Waals surface area contributed by atoms with Crippen molar-refractivity contribution in [2.75, 3.05) is 26.2 Å². The summed E-state index contributed by atoms with van der Waals surface area (Å²) in [7, 11) is -3.74. The molecule has 11 heteroatoms. The molecule has 152 valence electrons. The van der Waals surface area contributed by atoms with Crippen LogP contribution in [-0.4, -0.2) is 64.5 Å². The summed E-state index contributed by atoms with van der Waals surface area (Å²) in [4.78, 5) is 28.0. The van der Waals surface area contributed by atoms with E-state index in [1.165, 1.54) is 4.31 Å². The van der Waals surface area contributed by atoms with Crippen LogP contribution in [0.1, 0.15) is 16.1 Å². The highest BCUT2D eigenvalue weighted by Gasteiger charge is 2.32. The highest BCUT2D eigenvalue weighted by Crippen LogP contribution is 2.23. The summed E-state index contributed by atoms with van der Waals surface area (Å²) in [5.41, 5.74) is 1.73. The number of carbonyl (C=O) groups is 1. The van der Waals surface area contributed by atoms with Gasteiger partial charge in [0.15, 0.2) is 4.21 Å². The number of sulfonamides is 1. The molecule has 1 N–H and O–H groups in total. The fourth-order valence-corrected chi connectivity index (χ4v) is 6.10. The lowest BCUT2D eigenvalue weighted by molar-refractivity contribution is 0.0698. The van der Waals surface area contributed by atoms with Crippen molar-refractivity contribution in [1.29, 1.82) is 0 Å². The number of rotatable bonds is 4. The highest BCUT2D eigenvalue weighted by molar-refractivity contribution is 7.91. The molecule has 1 aliphatic rings. The Morgan fingerprint density at radius 3 is 2.38 bits per heavy atom. The van der Waals surface area contributed by atoms with Crippen molar-refractivity contribution >= 4 is 27.3 Å². The van der Waals surface area contributed by atoms with E-state index in [9.17, 15) is 18.0 Å². The SMILES string of the molecule is Cc1[nH]c(=O)sc1S(=O)(=O)N1CCN(C(=O)c2ccc(-n3cccn3)cc2)CC1. The molecule has 0 unspecified atom stereocenters. The Morgan fingerprint density at radius 2 is 1.83 bits per heavy atom. The van der Waals surface area contributed by atoms with Gasteiger partial charge in [0, 0.05) is 49.8 Å². The first-order valence-corrected chi connectivity index (χ1v) is 11.2. The molecule has 1 saturated heterocycles. The number of aromatic amines is 1. The molecule has 2 aromatic heterocycles. The number of piperazine rings is 1. The van der Waals surface area contributed by atoms with Crippen LogP contribution in [-0.2, 0) is 10.0 Å². The Kier molecular flexibility index (Phi) is 5.11. The van der Waals surface area contributed by atoms with E-state index in [1.807, 2.05) is 24.4 Å². The van der Waals surface area contributed by atoms with Crippen molar-refractivity contribution in [2.24, 2.45) is 0 Å². The van der Waals surface area contributed by atoms with Crippen LogP contribution < -0.4 is 4.87 Å². The lowest BCUT2D eigenvalue weighted by atomic mass is 10.1. The Balaban J connectivity index is 1.43. The second kappa shape index (κ2) is 7.58. The second-order valence-electron chi connectivity index (χ2n) is 6.62. The molecule has 0 bridgehead atoms. The van der Waals surface area contributed by atoms with Crippen LogP contribution in [0.15, 0.2) is 51.7 Å². The maximum absolute atomic E-state index is 12.8. The van der Waals surface area contributed by atoms with Crippen molar-refractivity contribution in [3.05, 3.63) is 63.7 Å². The van der Waals surface area contributed by atoms with Gasteiger partial charge in [0.2, 0.25) is 0 Å². The van der Waals surface area contributed by atoms with Crippen LogP contribution in [0.25, 0.3) is 5.69 Å². The smallest absolute Gasteiger partial charge is 0.305 e. The molecule has 4 rings (SSSR count). The van der Waals surface area contributed by atoms with E-state index >= 15 is 0 Å². The van der Waals surface area contributed by atoms with Crippen molar-refractivity contribution in [2.45, 2.75) is 11.1 Å². The number of aromatic nitrogens is 3. The Morgan fingerprint density at radius 1 is 1.14 bits per heavy atom. The summed E-state index contributed by atoms with van der Waals surface area (Å²) in [6.07, 6.45) is 3.50. The summed E-state index contributed by atoms with van der Waals surface area (Å²) in [6.45, 7) is 2.52. The summed E-state index contributed by atoms with van der Waals surface area (Å²) in [5.74, 6) is -0.142. The average molecular weight is 434 g/mol. The Bertz CT molecular complexity index is 1170. The molecule has 9 nitrogen and oxygen atoms in total. The molecule has 1 aromatic carbocycles. The first-order chi connectivity index (χ1) is 13.9. The standard InChI is InChI=1S/C18H19N5O4S2/c1-13-17(28-18(25)20-13)29(26,27)22-11-9-21(10-12-22)16(24)14-3-5-15(6-4-14)23-8-2-7-19-23/h2-8H,9-12H2,1H3,(H,20,25). The molecule has 29 heavy (non-hydrogen) atoms. The van der Waals surface area contributed by atoms with Gasteiger partial charge in [-0.25, -0.2) is 13.1 Å². The lowest BCUT2D eigenvalue weighted by Crippen LogP contribution is -2.50. The third-order valence-electron chi connectivity index (χ3n) is 4.76. The van der Waals surface area contributed by atoms with Crippen LogP contribution in [0.4, 0.5) is 0 Å². The Hall–Kier alpha value is -2.76. The summed E-state index contributed by atoms with van der Waals surface area (Å²) in [6, 6.07) is 8.93. The number of aryl methyl sites for hydroxylation is 1. The van der Waals surface area contributed by atoms with Gasteiger partial charge in [-0.3, -0.25) is 9.59 Å². The third kappa shape index (κ3) is 3.76. The predicted octanol–water partition coefficient (Wildman–Crippen LogP) is 1.08. The van der Waals surface area contributed by atoms with E-state index in [1.54, 1.807) is 34.8 Å². The van der Waals surface area contributed by atoms with Crippen molar-refractivity contribution < 1.29 is 13.2 Å². The minimum absolute atomic E-state index is 0.0384. The number of thiazole rings is 1. The van der Waals surface area contributed by atoms with Gasteiger partial charge in [0.1, 0.15) is 0 Å². The quantitative estimate of drug-likeness (QED) is 0.662. The van der Waals surface area contributed by atoms with Crippen LogP contribution in [0.2, 0.25) is 0 Å². The topological polar surface area (TPSA) is 108 Å². The molecule has 0 aliphatic carbocycles. The number of H-pyrrole nitrogens is 1. The summed E-state index contributed by atoms with van der Waals surface area (Å²) < 4.78 is 28.6. The largest absolute Gasteiger partial charge is 0.336 e. The minimum atomic E-state index is -3.74. The molecular formula is C18H19N5O4S2. The van der Waals surface area contributed by atoms with E-state index in [0.29, 0.717) is 22.6 Å². The van der Waals surface area contributed by atoms with Gasteiger partial charge in [-0.1, -0.05) is 11.3 Å². The predicted molar refractivity (Wildman–Crippen MR) is 108 cm³/mol. The van der Waals surface area contributed by atoms with Gasteiger partial charge < -0.3 is 9.88 Å². The molecule has 1 aliphatic heterocycles. The number of nitrogens with one attached hydrogen (secondary N) is 1. The number of hydrogen-bond donors (Lipinski definition) is 1. The zero-order valence-corrected chi connectivity index (χ0v) is 17.2. The first kappa shape index (κ1) is 19.6. The molecule has 1 amide bonds. The fraction of sp³-hybridized carbons (Fsp3) is 0.278. The summed E-state index contributed by atoms with van der Waals surface area (Å²) >= 11 is 0.691. The van der Waals surface area contributed by atoms with Crippen molar-refractivity contribution in [3.8, 4) is 5.69 Å². The van der Waals surface area contributed by atoms with E-state index in [0.717, 1.165) is 5.69 Å².